The average Bonchev–Trinajstić information content (AvgIpc) is 2.53. The number of benzene rings is 1. The van der Waals surface area contributed by atoms with Crippen LogP contribution in [0.15, 0.2) is 36.5 Å². The molecule has 0 saturated carbocycles. The minimum Gasteiger partial charge on any atom is -0.493 e. The van der Waals surface area contributed by atoms with Crippen molar-refractivity contribution in [2.75, 3.05) is 7.11 Å². The molecule has 0 unspecified atom stereocenters. The summed E-state index contributed by atoms with van der Waals surface area (Å²) in [4.78, 5) is 4.08. The van der Waals surface area contributed by atoms with Crippen LogP contribution < -0.4 is 9.47 Å². The van der Waals surface area contributed by atoms with Crippen LogP contribution in [0.3, 0.4) is 0 Å². The number of rotatable bonds is 5. The molecule has 0 aliphatic heterocycles. The zero-order valence-electron chi connectivity index (χ0n) is 11.7. The number of hydrogen-bond acceptors (Lipinski definition) is 4. The Bertz CT molecular complexity index is 707. The molecule has 0 N–H and O–H groups in total. The summed E-state index contributed by atoms with van der Waals surface area (Å²) in [6, 6.07) is 10.0. The van der Waals surface area contributed by atoms with Gasteiger partial charge in [0.1, 0.15) is 6.07 Å². The molecule has 0 aliphatic carbocycles. The SMILES string of the molecule is COc1ccc(/C=C/c2ccc(C#N)cn2)cc1OC(F)F. The lowest BCUT2D eigenvalue weighted by Crippen LogP contribution is -2.03. The van der Waals surface area contributed by atoms with Crippen molar-refractivity contribution in [2.24, 2.45) is 0 Å². The van der Waals surface area contributed by atoms with Crippen molar-refractivity contribution in [3.8, 4) is 17.6 Å². The number of pyridine rings is 1. The summed E-state index contributed by atoms with van der Waals surface area (Å²) < 4.78 is 34.1. The van der Waals surface area contributed by atoms with Gasteiger partial charge in [-0.15, -0.1) is 0 Å². The second kappa shape index (κ2) is 7.18. The van der Waals surface area contributed by atoms with Gasteiger partial charge in [0.25, 0.3) is 0 Å². The van der Waals surface area contributed by atoms with E-state index in [-0.39, 0.29) is 11.5 Å². The van der Waals surface area contributed by atoms with Crippen LogP contribution in [0.4, 0.5) is 8.78 Å². The van der Waals surface area contributed by atoms with Gasteiger partial charge in [0, 0.05) is 6.20 Å². The minimum atomic E-state index is -2.92. The third kappa shape index (κ3) is 4.03. The maximum atomic E-state index is 12.4. The molecular formula is C16H12F2N2O2. The van der Waals surface area contributed by atoms with E-state index >= 15 is 0 Å². The smallest absolute Gasteiger partial charge is 0.387 e. The van der Waals surface area contributed by atoms with E-state index in [4.69, 9.17) is 10.00 Å². The highest BCUT2D eigenvalue weighted by Crippen LogP contribution is 2.30. The first-order valence-electron chi connectivity index (χ1n) is 6.29. The van der Waals surface area contributed by atoms with Crippen LogP contribution >= 0.6 is 0 Å². The fourth-order valence-electron chi connectivity index (χ4n) is 1.74. The normalized spacial score (nSPS) is 10.7. The molecule has 0 bridgehead atoms. The number of alkyl halides is 2. The van der Waals surface area contributed by atoms with Crippen LogP contribution in [0.5, 0.6) is 11.5 Å². The number of halogens is 2. The van der Waals surface area contributed by atoms with Crippen molar-refractivity contribution >= 4 is 12.2 Å². The molecular weight excluding hydrogens is 290 g/mol. The summed E-state index contributed by atoms with van der Waals surface area (Å²) in [7, 11) is 1.38. The van der Waals surface area contributed by atoms with Gasteiger partial charge in [-0.2, -0.15) is 14.0 Å². The number of nitrogens with zero attached hydrogens (tertiary/aromatic N) is 2. The van der Waals surface area contributed by atoms with Gasteiger partial charge >= 0.3 is 6.61 Å². The topological polar surface area (TPSA) is 55.1 Å². The molecule has 2 rings (SSSR count). The van der Waals surface area contributed by atoms with Crippen molar-refractivity contribution in [1.29, 1.82) is 5.26 Å². The molecule has 2 aromatic rings. The number of nitriles is 1. The lowest BCUT2D eigenvalue weighted by molar-refractivity contribution is -0.0512. The molecule has 0 radical (unpaired) electrons. The van der Waals surface area contributed by atoms with Crippen molar-refractivity contribution in [3.63, 3.8) is 0 Å². The molecule has 0 spiro atoms. The fraction of sp³-hybridized carbons (Fsp3) is 0.125. The molecule has 0 saturated heterocycles. The Kier molecular flexibility index (Phi) is 5.04. The zero-order chi connectivity index (χ0) is 15.9. The highest BCUT2D eigenvalue weighted by Gasteiger charge is 2.10. The van der Waals surface area contributed by atoms with Crippen molar-refractivity contribution < 1.29 is 18.3 Å². The molecule has 0 atom stereocenters. The Morgan fingerprint density at radius 2 is 2.00 bits per heavy atom. The van der Waals surface area contributed by atoms with E-state index < -0.39 is 6.61 Å². The van der Waals surface area contributed by atoms with E-state index in [0.717, 1.165) is 0 Å². The lowest BCUT2D eigenvalue weighted by Gasteiger charge is -2.10. The number of aromatic nitrogens is 1. The van der Waals surface area contributed by atoms with Crippen LogP contribution in [-0.4, -0.2) is 18.7 Å². The largest absolute Gasteiger partial charge is 0.493 e. The second-order valence-electron chi connectivity index (χ2n) is 4.21. The van der Waals surface area contributed by atoms with Crippen LogP contribution in [0.2, 0.25) is 0 Å². The first kappa shape index (κ1) is 15.4. The van der Waals surface area contributed by atoms with Gasteiger partial charge in [-0.1, -0.05) is 12.1 Å². The fourth-order valence-corrected chi connectivity index (χ4v) is 1.74. The quantitative estimate of drug-likeness (QED) is 0.844. The Hall–Kier alpha value is -2.94. The van der Waals surface area contributed by atoms with Crippen LogP contribution in [0.25, 0.3) is 12.2 Å². The third-order valence-electron chi connectivity index (χ3n) is 2.77. The van der Waals surface area contributed by atoms with Gasteiger partial charge in [0.05, 0.1) is 18.4 Å². The van der Waals surface area contributed by atoms with Crippen molar-refractivity contribution in [1.82, 2.24) is 4.98 Å². The Balaban J connectivity index is 2.21. The van der Waals surface area contributed by atoms with E-state index in [0.29, 0.717) is 16.8 Å². The van der Waals surface area contributed by atoms with Gasteiger partial charge in [-0.3, -0.25) is 4.98 Å². The predicted molar refractivity (Wildman–Crippen MR) is 77.5 cm³/mol. The minimum absolute atomic E-state index is 0.0348. The molecule has 1 aromatic carbocycles. The molecule has 4 nitrogen and oxygen atoms in total. The van der Waals surface area contributed by atoms with E-state index in [1.165, 1.54) is 19.4 Å². The van der Waals surface area contributed by atoms with Gasteiger partial charge in [-0.05, 0) is 35.9 Å². The highest BCUT2D eigenvalue weighted by atomic mass is 19.3. The molecule has 0 amide bonds. The Morgan fingerprint density at radius 3 is 2.59 bits per heavy atom. The van der Waals surface area contributed by atoms with Crippen LogP contribution in [0, 0.1) is 11.3 Å². The summed E-state index contributed by atoms with van der Waals surface area (Å²) >= 11 is 0. The second-order valence-corrected chi connectivity index (χ2v) is 4.21. The van der Waals surface area contributed by atoms with Crippen LogP contribution in [-0.2, 0) is 0 Å². The first-order valence-corrected chi connectivity index (χ1v) is 6.29. The van der Waals surface area contributed by atoms with Gasteiger partial charge in [-0.25, -0.2) is 0 Å². The Morgan fingerprint density at radius 1 is 1.18 bits per heavy atom. The monoisotopic (exact) mass is 302 g/mol. The number of hydrogen-bond donors (Lipinski definition) is 0. The number of methoxy groups -OCH3 is 1. The van der Waals surface area contributed by atoms with Crippen molar-refractivity contribution in [2.45, 2.75) is 6.61 Å². The third-order valence-corrected chi connectivity index (χ3v) is 2.77. The summed E-state index contributed by atoms with van der Waals surface area (Å²) in [6.45, 7) is -2.92. The van der Waals surface area contributed by atoms with Gasteiger partial charge in [0.2, 0.25) is 0 Å². The van der Waals surface area contributed by atoms with Gasteiger partial charge in [0.15, 0.2) is 11.5 Å². The first-order chi connectivity index (χ1) is 10.6. The standard InChI is InChI=1S/C16H12F2N2O2/c1-21-14-7-4-11(8-15(14)22-16(17)18)2-5-13-6-3-12(9-19)10-20-13/h2-8,10,16H,1H3/b5-2+. The highest BCUT2D eigenvalue weighted by molar-refractivity contribution is 5.69. The lowest BCUT2D eigenvalue weighted by atomic mass is 10.1. The number of ether oxygens (including phenoxy) is 2. The summed E-state index contributed by atoms with van der Waals surface area (Å²) in [5, 5.41) is 8.69. The summed E-state index contributed by atoms with van der Waals surface area (Å²) in [5.74, 6) is 0.196. The maximum absolute atomic E-state index is 12.4. The molecule has 0 fully saturated rings. The van der Waals surface area contributed by atoms with E-state index in [2.05, 4.69) is 9.72 Å². The zero-order valence-corrected chi connectivity index (χ0v) is 11.7. The predicted octanol–water partition coefficient (Wildman–Crippen LogP) is 3.73. The van der Waals surface area contributed by atoms with Crippen molar-refractivity contribution in [3.05, 3.63) is 53.3 Å². The molecule has 22 heavy (non-hydrogen) atoms. The maximum Gasteiger partial charge on any atom is 0.387 e. The van der Waals surface area contributed by atoms with E-state index in [9.17, 15) is 8.78 Å². The van der Waals surface area contributed by atoms with E-state index in [1.54, 1.807) is 36.4 Å². The molecule has 1 aromatic heterocycles. The summed E-state index contributed by atoms with van der Waals surface area (Å²) in [6.07, 6.45) is 4.86. The summed E-state index contributed by atoms with van der Waals surface area (Å²) in [5.41, 5.74) is 1.77. The molecule has 112 valence electrons. The van der Waals surface area contributed by atoms with E-state index in [1.807, 2.05) is 6.07 Å². The molecule has 6 heteroatoms. The molecule has 1 heterocycles. The average molecular weight is 302 g/mol. The molecule has 0 aliphatic rings. The van der Waals surface area contributed by atoms with Gasteiger partial charge < -0.3 is 9.47 Å². The van der Waals surface area contributed by atoms with Crippen LogP contribution in [0.1, 0.15) is 16.8 Å². The Labute approximate surface area is 126 Å².